The standard InChI is InChI=1S/C13H15NO5S/c1-3-5-9(4-2)14-20(18,19)10-6-7-12(15)11(8-10)13(16)17/h2,6-9,14-15H,3,5H2,1H3,(H,16,17). The van der Waals surface area contributed by atoms with Crippen molar-refractivity contribution < 1.29 is 23.4 Å². The van der Waals surface area contributed by atoms with Crippen molar-refractivity contribution in [3.05, 3.63) is 23.8 Å². The summed E-state index contributed by atoms with van der Waals surface area (Å²) in [6.45, 7) is 1.86. The van der Waals surface area contributed by atoms with Gasteiger partial charge in [-0.05, 0) is 24.6 Å². The van der Waals surface area contributed by atoms with Crippen LogP contribution in [0.4, 0.5) is 0 Å². The smallest absolute Gasteiger partial charge is 0.339 e. The Morgan fingerprint density at radius 3 is 2.65 bits per heavy atom. The van der Waals surface area contributed by atoms with Crippen LogP contribution in [-0.2, 0) is 10.0 Å². The number of aromatic carboxylic acids is 1. The van der Waals surface area contributed by atoms with Gasteiger partial charge in [-0.25, -0.2) is 13.2 Å². The van der Waals surface area contributed by atoms with Gasteiger partial charge >= 0.3 is 5.97 Å². The summed E-state index contributed by atoms with van der Waals surface area (Å²) in [6.07, 6.45) is 6.41. The minimum Gasteiger partial charge on any atom is -0.507 e. The van der Waals surface area contributed by atoms with Gasteiger partial charge in [0.15, 0.2) is 0 Å². The summed E-state index contributed by atoms with van der Waals surface area (Å²) in [6, 6.07) is 2.36. The number of carboxylic acid groups (broad SMARTS) is 1. The summed E-state index contributed by atoms with van der Waals surface area (Å²) in [5.41, 5.74) is -0.486. The summed E-state index contributed by atoms with van der Waals surface area (Å²) in [4.78, 5) is 10.6. The fourth-order valence-electron chi connectivity index (χ4n) is 1.57. The molecule has 1 unspecified atom stereocenters. The van der Waals surface area contributed by atoms with Crippen LogP contribution in [0.2, 0.25) is 0 Å². The van der Waals surface area contributed by atoms with E-state index in [2.05, 4.69) is 10.6 Å². The van der Waals surface area contributed by atoms with Gasteiger partial charge in [0.05, 0.1) is 10.9 Å². The highest BCUT2D eigenvalue weighted by Crippen LogP contribution is 2.21. The van der Waals surface area contributed by atoms with Gasteiger partial charge in [-0.2, -0.15) is 4.72 Å². The largest absolute Gasteiger partial charge is 0.507 e. The van der Waals surface area contributed by atoms with Gasteiger partial charge in [-0.3, -0.25) is 0 Å². The second-order valence-corrected chi connectivity index (χ2v) is 5.83. The van der Waals surface area contributed by atoms with Gasteiger partial charge < -0.3 is 10.2 Å². The van der Waals surface area contributed by atoms with E-state index in [9.17, 15) is 18.3 Å². The summed E-state index contributed by atoms with van der Waals surface area (Å²) < 4.78 is 26.5. The Labute approximate surface area is 117 Å². The van der Waals surface area contributed by atoms with E-state index in [0.29, 0.717) is 12.8 Å². The fourth-order valence-corrected chi connectivity index (χ4v) is 2.79. The molecule has 0 saturated heterocycles. The first-order valence-electron chi connectivity index (χ1n) is 5.86. The van der Waals surface area contributed by atoms with Crippen LogP contribution in [0.15, 0.2) is 23.1 Å². The van der Waals surface area contributed by atoms with Crippen LogP contribution in [-0.4, -0.2) is 30.6 Å². The summed E-state index contributed by atoms with van der Waals surface area (Å²) in [5, 5.41) is 18.2. The lowest BCUT2D eigenvalue weighted by Crippen LogP contribution is -2.33. The van der Waals surface area contributed by atoms with Crippen molar-refractivity contribution in [2.75, 3.05) is 0 Å². The molecule has 6 nitrogen and oxygen atoms in total. The molecule has 20 heavy (non-hydrogen) atoms. The SMILES string of the molecule is C#CC(CCC)NS(=O)(=O)c1ccc(O)c(C(=O)O)c1. The van der Waals surface area contributed by atoms with Crippen LogP contribution < -0.4 is 4.72 Å². The third-order valence-electron chi connectivity index (χ3n) is 2.58. The minimum absolute atomic E-state index is 0.260. The molecule has 0 radical (unpaired) electrons. The van der Waals surface area contributed by atoms with E-state index >= 15 is 0 Å². The third kappa shape index (κ3) is 3.73. The van der Waals surface area contributed by atoms with Crippen molar-refractivity contribution in [3.8, 4) is 18.1 Å². The van der Waals surface area contributed by atoms with Crippen LogP contribution in [0.5, 0.6) is 5.75 Å². The highest BCUT2D eigenvalue weighted by Gasteiger charge is 2.21. The first kappa shape index (κ1) is 16.0. The molecule has 1 aromatic rings. The van der Waals surface area contributed by atoms with Crippen molar-refractivity contribution >= 4 is 16.0 Å². The molecule has 0 saturated carbocycles. The number of hydrogen-bond donors (Lipinski definition) is 3. The van der Waals surface area contributed by atoms with E-state index in [1.165, 1.54) is 0 Å². The summed E-state index contributed by atoms with van der Waals surface area (Å²) >= 11 is 0. The molecule has 1 aromatic carbocycles. The van der Waals surface area contributed by atoms with Crippen molar-refractivity contribution in [1.82, 2.24) is 4.72 Å². The molecule has 0 bridgehead atoms. The molecule has 7 heteroatoms. The number of aromatic hydroxyl groups is 1. The van der Waals surface area contributed by atoms with Crippen LogP contribution in [0.1, 0.15) is 30.1 Å². The van der Waals surface area contributed by atoms with Gasteiger partial charge in [-0.15, -0.1) is 6.42 Å². The number of phenols is 1. The Morgan fingerprint density at radius 1 is 1.50 bits per heavy atom. The molecule has 0 spiro atoms. The average Bonchev–Trinajstić information content (AvgIpc) is 2.37. The normalized spacial score (nSPS) is 12.6. The third-order valence-corrected chi connectivity index (χ3v) is 4.05. The Kier molecular flexibility index (Phi) is 5.13. The number of carbonyl (C=O) groups is 1. The predicted octanol–water partition coefficient (Wildman–Crippen LogP) is 1.17. The Hall–Kier alpha value is -2.04. The highest BCUT2D eigenvalue weighted by atomic mass is 32.2. The zero-order valence-electron chi connectivity index (χ0n) is 10.8. The molecular weight excluding hydrogens is 282 g/mol. The van der Waals surface area contributed by atoms with Gasteiger partial charge in [0.25, 0.3) is 0 Å². The molecule has 0 fully saturated rings. The average molecular weight is 297 g/mol. The number of hydrogen-bond acceptors (Lipinski definition) is 4. The number of rotatable bonds is 6. The maximum absolute atomic E-state index is 12.1. The van der Waals surface area contributed by atoms with Crippen molar-refractivity contribution in [2.24, 2.45) is 0 Å². The molecule has 0 aromatic heterocycles. The Balaban J connectivity index is 3.13. The highest BCUT2D eigenvalue weighted by molar-refractivity contribution is 7.89. The van der Waals surface area contributed by atoms with Crippen LogP contribution in [0.25, 0.3) is 0 Å². The molecule has 0 aliphatic carbocycles. The molecular formula is C13H15NO5S. The van der Waals surface area contributed by atoms with Gasteiger partial charge in [-0.1, -0.05) is 19.3 Å². The van der Waals surface area contributed by atoms with Crippen LogP contribution >= 0.6 is 0 Å². The molecule has 108 valence electrons. The van der Waals surface area contributed by atoms with Gasteiger partial charge in [0.1, 0.15) is 11.3 Å². The quantitative estimate of drug-likeness (QED) is 0.684. The molecule has 0 aliphatic rings. The summed E-state index contributed by atoms with van der Waals surface area (Å²) in [7, 11) is -3.93. The van der Waals surface area contributed by atoms with E-state index in [0.717, 1.165) is 18.2 Å². The zero-order chi connectivity index (χ0) is 15.3. The lowest BCUT2D eigenvalue weighted by molar-refractivity contribution is 0.0693. The number of nitrogens with one attached hydrogen (secondary N) is 1. The lowest BCUT2D eigenvalue weighted by atomic mass is 10.2. The van der Waals surface area contributed by atoms with Gasteiger partial charge in [0.2, 0.25) is 10.0 Å². The number of carboxylic acids is 1. The second kappa shape index (κ2) is 6.41. The molecule has 3 N–H and O–H groups in total. The summed E-state index contributed by atoms with van der Waals surface area (Å²) in [5.74, 6) is 0.405. The van der Waals surface area contributed by atoms with E-state index in [1.54, 1.807) is 0 Å². The van der Waals surface area contributed by atoms with Crippen LogP contribution in [0.3, 0.4) is 0 Å². The minimum atomic E-state index is -3.93. The predicted molar refractivity (Wildman–Crippen MR) is 72.9 cm³/mol. The fraction of sp³-hybridized carbons (Fsp3) is 0.308. The maximum atomic E-state index is 12.1. The molecule has 0 heterocycles. The Bertz CT molecular complexity index is 645. The first-order valence-corrected chi connectivity index (χ1v) is 7.35. The van der Waals surface area contributed by atoms with E-state index in [4.69, 9.17) is 11.5 Å². The monoisotopic (exact) mass is 297 g/mol. The number of benzene rings is 1. The maximum Gasteiger partial charge on any atom is 0.339 e. The number of sulfonamides is 1. The van der Waals surface area contributed by atoms with Crippen molar-refractivity contribution in [3.63, 3.8) is 0 Å². The van der Waals surface area contributed by atoms with E-state index in [-0.39, 0.29) is 4.90 Å². The van der Waals surface area contributed by atoms with Crippen molar-refractivity contribution in [2.45, 2.75) is 30.7 Å². The second-order valence-electron chi connectivity index (χ2n) is 4.11. The van der Waals surface area contributed by atoms with E-state index in [1.807, 2.05) is 6.92 Å². The topological polar surface area (TPSA) is 104 Å². The van der Waals surface area contributed by atoms with Crippen LogP contribution in [0, 0.1) is 12.3 Å². The number of terminal acetylenes is 1. The lowest BCUT2D eigenvalue weighted by Gasteiger charge is -2.13. The molecule has 0 amide bonds. The first-order chi connectivity index (χ1) is 9.31. The Morgan fingerprint density at radius 2 is 2.15 bits per heavy atom. The van der Waals surface area contributed by atoms with Gasteiger partial charge in [0, 0.05) is 0 Å². The van der Waals surface area contributed by atoms with E-state index < -0.39 is 33.3 Å². The zero-order valence-corrected chi connectivity index (χ0v) is 11.6. The van der Waals surface area contributed by atoms with Crippen molar-refractivity contribution in [1.29, 1.82) is 0 Å². The molecule has 0 aliphatic heterocycles. The molecule has 1 rings (SSSR count). The molecule has 1 atom stereocenters.